The molecule has 0 fully saturated rings. The molecule has 0 aromatic heterocycles. The molecular formula is C18H24Br2N2Sn. The van der Waals surface area contributed by atoms with Gasteiger partial charge in [-0.1, -0.05) is 0 Å². The Kier molecular flexibility index (Phi) is 7.16. The fraction of sp³-hybridized carbons (Fsp3) is 0.333. The summed E-state index contributed by atoms with van der Waals surface area (Å²) >= 11 is 5.35. The third kappa shape index (κ3) is 5.05. The second-order valence-electron chi connectivity index (χ2n) is 6.36. The number of nitrogens with zero attached hydrogens (tertiary/aromatic N) is 2. The van der Waals surface area contributed by atoms with Crippen LogP contribution in [-0.2, 0) is 13.1 Å². The third-order valence-corrected chi connectivity index (χ3v) is 21.8. The molecule has 0 N–H and O–H groups in total. The number of halogens is 2. The predicted octanol–water partition coefficient (Wildman–Crippen LogP) is 3.16. The van der Waals surface area contributed by atoms with Crippen molar-refractivity contribution < 1.29 is 0 Å². The van der Waals surface area contributed by atoms with Crippen LogP contribution in [-0.4, -0.2) is 51.9 Å². The maximum absolute atomic E-state index is 4.17. The molecule has 2 nitrogen and oxygen atoms in total. The van der Waals surface area contributed by atoms with Crippen molar-refractivity contribution in [3.8, 4) is 0 Å². The first-order chi connectivity index (χ1) is 10.8. The number of benzene rings is 2. The molecule has 2 aromatic rings. The molecule has 2 rings (SSSR count). The molecule has 23 heavy (non-hydrogen) atoms. The topological polar surface area (TPSA) is 6.48 Å². The Labute approximate surface area is 156 Å². The molecule has 5 heteroatoms. The van der Waals surface area contributed by atoms with Crippen LogP contribution in [0.25, 0.3) is 0 Å². The summed E-state index contributed by atoms with van der Waals surface area (Å²) in [5.41, 5.74) is 2.81. The van der Waals surface area contributed by atoms with Crippen LogP contribution in [0.1, 0.15) is 11.1 Å². The van der Waals surface area contributed by atoms with E-state index >= 15 is 0 Å². The van der Waals surface area contributed by atoms with E-state index in [1.165, 1.54) is 18.3 Å². The molecule has 0 amide bonds. The van der Waals surface area contributed by atoms with E-state index in [0.717, 1.165) is 13.1 Å². The first-order valence-corrected chi connectivity index (χ1v) is 23.3. The summed E-state index contributed by atoms with van der Waals surface area (Å²) in [7, 11) is 8.49. The molecule has 0 heterocycles. The quantitative estimate of drug-likeness (QED) is 0.514. The summed E-state index contributed by atoms with van der Waals surface area (Å²) in [6.07, 6.45) is 0. The van der Waals surface area contributed by atoms with E-state index in [1.807, 2.05) is 0 Å². The van der Waals surface area contributed by atoms with Crippen LogP contribution >= 0.6 is 25.4 Å². The fourth-order valence-corrected chi connectivity index (χ4v) is 18.9. The average molecular weight is 547 g/mol. The van der Waals surface area contributed by atoms with Crippen molar-refractivity contribution in [2.45, 2.75) is 13.1 Å². The second kappa shape index (κ2) is 8.47. The van der Waals surface area contributed by atoms with Gasteiger partial charge in [-0.2, -0.15) is 0 Å². The Morgan fingerprint density at radius 3 is 1.39 bits per heavy atom. The van der Waals surface area contributed by atoms with E-state index in [-0.39, 0.29) is 0 Å². The first-order valence-electron chi connectivity index (χ1n) is 7.66. The van der Waals surface area contributed by atoms with Gasteiger partial charge in [0.1, 0.15) is 0 Å². The van der Waals surface area contributed by atoms with E-state index < -0.39 is 13.9 Å². The molecule has 0 atom stereocenters. The van der Waals surface area contributed by atoms with Crippen LogP contribution in [0.5, 0.6) is 0 Å². The Bertz CT molecular complexity index is 601. The number of hydrogen-bond acceptors (Lipinski definition) is 2. The summed E-state index contributed by atoms with van der Waals surface area (Å²) in [4.78, 5) is 4.46. The van der Waals surface area contributed by atoms with Gasteiger partial charge in [0.25, 0.3) is 0 Å². The molecule has 124 valence electrons. The fourth-order valence-electron chi connectivity index (χ4n) is 2.76. The third-order valence-electron chi connectivity index (χ3n) is 3.68. The van der Waals surface area contributed by atoms with Crippen LogP contribution in [0.2, 0.25) is 0 Å². The predicted molar refractivity (Wildman–Crippen MR) is 111 cm³/mol. The summed E-state index contributed by atoms with van der Waals surface area (Å²) in [5, 5.41) is 0. The van der Waals surface area contributed by atoms with Crippen LogP contribution in [0.3, 0.4) is 0 Å². The van der Waals surface area contributed by atoms with Crippen LogP contribution in [0.15, 0.2) is 48.5 Å². The molecule has 0 bridgehead atoms. The van der Waals surface area contributed by atoms with Gasteiger partial charge in [-0.3, -0.25) is 0 Å². The van der Waals surface area contributed by atoms with E-state index in [4.69, 9.17) is 0 Å². The van der Waals surface area contributed by atoms with Crippen molar-refractivity contribution in [2.24, 2.45) is 0 Å². The molecule has 0 radical (unpaired) electrons. The van der Waals surface area contributed by atoms with Crippen molar-refractivity contribution in [1.82, 2.24) is 9.80 Å². The summed E-state index contributed by atoms with van der Waals surface area (Å²) in [5.74, 6) is 0. The molecule has 0 aliphatic heterocycles. The molecule has 0 saturated heterocycles. The van der Waals surface area contributed by atoms with Gasteiger partial charge >= 0.3 is 157 Å². The summed E-state index contributed by atoms with van der Waals surface area (Å²) in [6, 6.07) is 17.6. The van der Waals surface area contributed by atoms with Crippen molar-refractivity contribution in [2.75, 3.05) is 28.2 Å². The van der Waals surface area contributed by atoms with Crippen LogP contribution in [0, 0.1) is 0 Å². The van der Waals surface area contributed by atoms with Gasteiger partial charge in [-0.15, -0.1) is 0 Å². The van der Waals surface area contributed by atoms with Crippen LogP contribution < -0.4 is 7.16 Å². The minimum absolute atomic E-state index is 0.960. The molecule has 0 spiro atoms. The van der Waals surface area contributed by atoms with Crippen molar-refractivity contribution in [3.63, 3.8) is 0 Å². The zero-order chi connectivity index (χ0) is 17.0. The Balaban J connectivity index is 2.51. The standard InChI is InChI=1S/2C9H12N.2BrH.Sn/c2*1-10(2)8-9-6-4-3-5-7-9;;;/h2*3-6H,8H2,1-2H3;2*1H;/q;;;;+2/p-2. The van der Waals surface area contributed by atoms with Gasteiger partial charge in [0.05, 0.1) is 0 Å². The molecule has 0 aliphatic carbocycles. The van der Waals surface area contributed by atoms with Gasteiger partial charge in [0, 0.05) is 0 Å². The first kappa shape index (κ1) is 19.4. The average Bonchev–Trinajstić information content (AvgIpc) is 2.46. The van der Waals surface area contributed by atoms with Crippen molar-refractivity contribution in [3.05, 3.63) is 59.7 Å². The molecule has 2 aromatic carbocycles. The Morgan fingerprint density at radius 2 is 1.04 bits per heavy atom. The Morgan fingerprint density at radius 1 is 0.696 bits per heavy atom. The second-order valence-corrected chi connectivity index (χ2v) is 35.8. The van der Waals surface area contributed by atoms with Gasteiger partial charge < -0.3 is 0 Å². The maximum atomic E-state index is 4.17. The normalized spacial score (nSPS) is 12.2. The van der Waals surface area contributed by atoms with Gasteiger partial charge in [0.15, 0.2) is 0 Å². The zero-order valence-corrected chi connectivity index (χ0v) is 20.2. The number of rotatable bonds is 6. The van der Waals surface area contributed by atoms with Gasteiger partial charge in [-0.05, 0) is 0 Å². The van der Waals surface area contributed by atoms with Crippen LogP contribution in [0.4, 0.5) is 0 Å². The Hall–Kier alpha value is 0.119. The van der Waals surface area contributed by atoms with Crippen molar-refractivity contribution in [1.29, 1.82) is 0 Å². The summed E-state index contributed by atoms with van der Waals surface area (Å²) < 4.78 is 2.92. The SMILES string of the molecule is CN(C)Cc1cccc[c]1[Sn]([Br])([Br])[c]1ccccc1CN(C)C. The van der Waals surface area contributed by atoms with E-state index in [2.05, 4.69) is 112 Å². The van der Waals surface area contributed by atoms with Gasteiger partial charge in [0.2, 0.25) is 0 Å². The monoisotopic (exact) mass is 546 g/mol. The summed E-state index contributed by atoms with van der Waals surface area (Å²) in [6.45, 7) is 1.92. The zero-order valence-electron chi connectivity index (χ0n) is 14.2. The minimum atomic E-state index is -2.99. The molecule has 0 saturated carbocycles. The van der Waals surface area contributed by atoms with Gasteiger partial charge in [-0.25, -0.2) is 0 Å². The molecular weight excluding hydrogens is 523 g/mol. The number of hydrogen-bond donors (Lipinski definition) is 0. The molecule has 0 aliphatic rings. The van der Waals surface area contributed by atoms with Crippen molar-refractivity contribution >= 4 is 46.5 Å². The van der Waals surface area contributed by atoms with E-state index in [0.29, 0.717) is 0 Å². The molecule has 0 unspecified atom stereocenters. The van der Waals surface area contributed by atoms with E-state index in [9.17, 15) is 0 Å². The van der Waals surface area contributed by atoms with E-state index in [1.54, 1.807) is 0 Å².